The first-order valence-electron chi connectivity index (χ1n) is 6.72. The van der Waals surface area contributed by atoms with Crippen LogP contribution in [-0.4, -0.2) is 44.2 Å². The zero-order chi connectivity index (χ0) is 15.6. The smallest absolute Gasteiger partial charge is 0.327 e. The van der Waals surface area contributed by atoms with Crippen LogP contribution in [0.25, 0.3) is 0 Å². The molecule has 2 rings (SSSR count). The Morgan fingerprint density at radius 2 is 2.29 bits per heavy atom. The minimum absolute atomic E-state index is 0.103. The number of rotatable bonds is 4. The number of aryl methyl sites for hydroxylation is 1. The Kier molecular flexibility index (Phi) is 5.10. The Morgan fingerprint density at radius 3 is 2.81 bits per heavy atom. The monoisotopic (exact) mass is 329 g/mol. The first-order valence-corrected chi connectivity index (χ1v) is 8.58. The quantitative estimate of drug-likeness (QED) is 0.884. The van der Waals surface area contributed by atoms with Crippen LogP contribution < -0.4 is 5.32 Å². The second-order valence-corrected chi connectivity index (χ2v) is 7.70. The fraction of sp³-hybridized carbons (Fsp3) is 0.615. The second-order valence-electron chi connectivity index (χ2n) is 5.23. The van der Waals surface area contributed by atoms with Gasteiger partial charge in [-0.1, -0.05) is 13.8 Å². The van der Waals surface area contributed by atoms with Crippen molar-refractivity contribution < 1.29 is 14.7 Å². The third kappa shape index (κ3) is 3.68. The molecule has 6 nitrogen and oxygen atoms in total. The number of hydrogen-bond donors (Lipinski definition) is 2. The predicted molar refractivity (Wildman–Crippen MR) is 83.4 cm³/mol. The molecule has 1 aliphatic rings. The Bertz CT molecular complexity index is 532. The van der Waals surface area contributed by atoms with Crippen molar-refractivity contribution in [2.45, 2.75) is 38.7 Å². The molecular weight excluding hydrogens is 310 g/mol. The van der Waals surface area contributed by atoms with Gasteiger partial charge >= 0.3 is 12.0 Å². The molecule has 1 aromatic rings. The van der Waals surface area contributed by atoms with Crippen molar-refractivity contribution in [2.75, 3.05) is 5.75 Å². The number of aliphatic carboxylic acids is 1. The SMILES string of the molecule is Cc1ncc(CNC(=O)N2C(C(=O)O)CSC2C(C)C)s1. The highest BCUT2D eigenvalue weighted by atomic mass is 32.2. The second kappa shape index (κ2) is 6.65. The maximum absolute atomic E-state index is 12.4. The molecule has 1 aliphatic heterocycles. The van der Waals surface area contributed by atoms with Crippen LogP contribution in [0.2, 0.25) is 0 Å². The van der Waals surface area contributed by atoms with Crippen molar-refractivity contribution >= 4 is 35.1 Å². The number of thiazole rings is 1. The number of aromatic nitrogens is 1. The van der Waals surface area contributed by atoms with Crippen molar-refractivity contribution in [3.8, 4) is 0 Å². The molecule has 0 aromatic carbocycles. The van der Waals surface area contributed by atoms with Crippen LogP contribution in [0.15, 0.2) is 6.20 Å². The number of carboxylic acid groups (broad SMARTS) is 1. The van der Waals surface area contributed by atoms with Crippen LogP contribution >= 0.6 is 23.1 Å². The molecule has 2 N–H and O–H groups in total. The van der Waals surface area contributed by atoms with Gasteiger partial charge in [0.2, 0.25) is 0 Å². The molecular formula is C13H19N3O3S2. The van der Waals surface area contributed by atoms with E-state index >= 15 is 0 Å². The topological polar surface area (TPSA) is 82.5 Å². The van der Waals surface area contributed by atoms with E-state index in [0.717, 1.165) is 9.88 Å². The number of nitrogens with one attached hydrogen (secondary N) is 1. The summed E-state index contributed by atoms with van der Waals surface area (Å²) in [6.45, 7) is 6.27. The Balaban J connectivity index is 2.04. The summed E-state index contributed by atoms with van der Waals surface area (Å²) >= 11 is 3.04. The molecule has 0 saturated carbocycles. The van der Waals surface area contributed by atoms with Gasteiger partial charge in [-0.3, -0.25) is 4.90 Å². The first-order chi connectivity index (χ1) is 9.90. The summed E-state index contributed by atoms with van der Waals surface area (Å²) < 4.78 is 0. The van der Waals surface area contributed by atoms with Crippen LogP contribution in [-0.2, 0) is 11.3 Å². The molecule has 2 heterocycles. The van der Waals surface area contributed by atoms with Crippen LogP contribution in [0.5, 0.6) is 0 Å². The van der Waals surface area contributed by atoms with Crippen LogP contribution in [0.3, 0.4) is 0 Å². The summed E-state index contributed by atoms with van der Waals surface area (Å²) in [6, 6.07) is -1.08. The minimum atomic E-state index is -0.950. The molecule has 0 spiro atoms. The zero-order valence-corrected chi connectivity index (χ0v) is 13.8. The predicted octanol–water partition coefficient (Wildman–Crippen LogP) is 2.15. The summed E-state index contributed by atoms with van der Waals surface area (Å²) in [5.41, 5.74) is 0. The molecule has 0 aliphatic carbocycles. The standard InChI is InChI=1S/C13H19N3O3S2/c1-7(2)11-16(10(6-20-11)12(17)18)13(19)15-5-9-4-14-8(3)21-9/h4,7,10-11H,5-6H2,1-3H3,(H,15,19)(H,17,18). The summed E-state index contributed by atoms with van der Waals surface area (Å²) in [5.74, 6) is -0.309. The average Bonchev–Trinajstić information content (AvgIpc) is 3.01. The van der Waals surface area contributed by atoms with E-state index in [1.54, 1.807) is 6.20 Å². The lowest BCUT2D eigenvalue weighted by molar-refractivity contribution is -0.141. The maximum Gasteiger partial charge on any atom is 0.327 e. The zero-order valence-electron chi connectivity index (χ0n) is 12.2. The lowest BCUT2D eigenvalue weighted by atomic mass is 10.2. The molecule has 0 bridgehead atoms. The van der Waals surface area contributed by atoms with Gasteiger partial charge < -0.3 is 10.4 Å². The van der Waals surface area contributed by atoms with E-state index in [1.807, 2.05) is 20.8 Å². The lowest BCUT2D eigenvalue weighted by Gasteiger charge is -2.29. The van der Waals surface area contributed by atoms with Crippen LogP contribution in [0.4, 0.5) is 4.79 Å². The van der Waals surface area contributed by atoms with Gasteiger partial charge in [0.25, 0.3) is 0 Å². The number of amides is 2. The van der Waals surface area contributed by atoms with Gasteiger partial charge in [-0.15, -0.1) is 23.1 Å². The fourth-order valence-corrected chi connectivity index (χ4v) is 4.44. The fourth-order valence-electron chi connectivity index (χ4n) is 2.23. The molecule has 2 unspecified atom stereocenters. The number of carbonyl (C=O) groups excluding carboxylic acids is 1. The highest BCUT2D eigenvalue weighted by molar-refractivity contribution is 8.00. The van der Waals surface area contributed by atoms with E-state index < -0.39 is 12.0 Å². The van der Waals surface area contributed by atoms with Crippen molar-refractivity contribution in [1.82, 2.24) is 15.2 Å². The van der Waals surface area contributed by atoms with Gasteiger partial charge in [-0.25, -0.2) is 14.6 Å². The van der Waals surface area contributed by atoms with E-state index in [0.29, 0.717) is 12.3 Å². The number of urea groups is 1. The minimum Gasteiger partial charge on any atom is -0.480 e. The molecule has 116 valence electrons. The largest absolute Gasteiger partial charge is 0.480 e. The number of hydrogen-bond acceptors (Lipinski definition) is 5. The lowest BCUT2D eigenvalue weighted by Crippen LogP contribution is -2.51. The molecule has 1 saturated heterocycles. The molecule has 2 amide bonds. The van der Waals surface area contributed by atoms with Gasteiger partial charge in [0.1, 0.15) is 6.04 Å². The van der Waals surface area contributed by atoms with Crippen molar-refractivity contribution in [3.05, 3.63) is 16.1 Å². The third-order valence-electron chi connectivity index (χ3n) is 3.21. The number of thioether (sulfide) groups is 1. The molecule has 8 heteroatoms. The highest BCUT2D eigenvalue weighted by Gasteiger charge is 2.42. The van der Waals surface area contributed by atoms with Crippen molar-refractivity contribution in [2.24, 2.45) is 5.92 Å². The molecule has 1 aromatic heterocycles. The highest BCUT2D eigenvalue weighted by Crippen LogP contribution is 2.34. The average molecular weight is 329 g/mol. The van der Waals surface area contributed by atoms with E-state index in [1.165, 1.54) is 28.0 Å². The molecule has 21 heavy (non-hydrogen) atoms. The van der Waals surface area contributed by atoms with Gasteiger partial charge in [0.15, 0.2) is 0 Å². The van der Waals surface area contributed by atoms with Crippen molar-refractivity contribution in [1.29, 1.82) is 0 Å². The third-order valence-corrected chi connectivity index (χ3v) is 5.74. The molecule has 0 radical (unpaired) electrons. The van der Waals surface area contributed by atoms with Gasteiger partial charge in [0, 0.05) is 16.8 Å². The van der Waals surface area contributed by atoms with E-state index in [2.05, 4.69) is 10.3 Å². The Morgan fingerprint density at radius 1 is 1.57 bits per heavy atom. The van der Waals surface area contributed by atoms with E-state index in [4.69, 9.17) is 0 Å². The summed E-state index contributed by atoms with van der Waals surface area (Å²) in [4.78, 5) is 30.3. The molecule has 1 fully saturated rings. The number of nitrogens with zero attached hydrogens (tertiary/aromatic N) is 2. The Labute approximate surface area is 131 Å². The van der Waals surface area contributed by atoms with Gasteiger partial charge in [-0.2, -0.15) is 0 Å². The summed E-state index contributed by atoms with van der Waals surface area (Å²) in [7, 11) is 0. The van der Waals surface area contributed by atoms with Gasteiger partial charge in [0.05, 0.1) is 16.9 Å². The van der Waals surface area contributed by atoms with E-state index in [-0.39, 0.29) is 17.3 Å². The molecule has 2 atom stereocenters. The summed E-state index contributed by atoms with van der Waals surface area (Å²) in [6.07, 6.45) is 1.73. The van der Waals surface area contributed by atoms with Crippen molar-refractivity contribution in [3.63, 3.8) is 0 Å². The first kappa shape index (κ1) is 16.1. The van der Waals surface area contributed by atoms with E-state index in [9.17, 15) is 14.7 Å². The Hall–Kier alpha value is -1.28. The van der Waals surface area contributed by atoms with Crippen LogP contribution in [0, 0.1) is 12.8 Å². The summed E-state index contributed by atoms with van der Waals surface area (Å²) in [5, 5.41) is 12.9. The van der Waals surface area contributed by atoms with Gasteiger partial charge in [-0.05, 0) is 12.8 Å². The number of carboxylic acids is 1. The maximum atomic E-state index is 12.4. The normalized spacial score (nSPS) is 21.8. The number of carbonyl (C=O) groups is 2. The van der Waals surface area contributed by atoms with Crippen LogP contribution in [0.1, 0.15) is 23.7 Å².